The molecule has 0 aliphatic heterocycles. The summed E-state index contributed by atoms with van der Waals surface area (Å²) in [5.74, 6) is 0.863. The lowest BCUT2D eigenvalue weighted by molar-refractivity contribution is 0.234. The maximum Gasteiger partial charge on any atom is 0.227 e. The number of hydrogen-bond acceptors (Lipinski definition) is 6. The highest BCUT2D eigenvalue weighted by molar-refractivity contribution is 5.17. The van der Waals surface area contributed by atoms with Gasteiger partial charge < -0.3 is 14.3 Å². The second-order valence-corrected chi connectivity index (χ2v) is 3.32. The predicted molar refractivity (Wildman–Crippen MR) is 56.2 cm³/mol. The summed E-state index contributed by atoms with van der Waals surface area (Å²) in [7, 11) is 1.73. The summed E-state index contributed by atoms with van der Waals surface area (Å²) >= 11 is 0. The molecule has 0 aromatic carbocycles. The Kier molecular flexibility index (Phi) is 3.20. The molecule has 0 aliphatic rings. The van der Waals surface area contributed by atoms with Crippen molar-refractivity contribution in [1.29, 1.82) is 0 Å². The molecule has 0 bridgehead atoms. The molecule has 7 nitrogen and oxygen atoms in total. The minimum absolute atomic E-state index is 0.0743. The van der Waals surface area contributed by atoms with Crippen LogP contribution in [0.4, 0.5) is 0 Å². The van der Waals surface area contributed by atoms with Crippen molar-refractivity contribution in [1.82, 2.24) is 14.8 Å². The van der Waals surface area contributed by atoms with Gasteiger partial charge in [-0.05, 0) is 0 Å². The van der Waals surface area contributed by atoms with E-state index >= 15 is 0 Å². The van der Waals surface area contributed by atoms with E-state index in [1.807, 2.05) is 0 Å². The van der Waals surface area contributed by atoms with Crippen molar-refractivity contribution < 1.29 is 14.3 Å². The van der Waals surface area contributed by atoms with Crippen molar-refractivity contribution in [3.05, 3.63) is 40.5 Å². The Morgan fingerprint density at radius 1 is 1.59 bits per heavy atom. The maximum atomic E-state index is 11.5. The zero-order valence-electron chi connectivity index (χ0n) is 9.16. The van der Waals surface area contributed by atoms with Gasteiger partial charge in [0.25, 0.3) is 0 Å². The lowest BCUT2D eigenvalue weighted by Crippen LogP contribution is -2.10. The molecule has 0 saturated heterocycles. The smallest absolute Gasteiger partial charge is 0.227 e. The Labute approximate surface area is 96.3 Å². The predicted octanol–water partition coefficient (Wildman–Crippen LogP) is -0.160. The fraction of sp³-hybridized carbons (Fsp3) is 0.300. The zero-order valence-corrected chi connectivity index (χ0v) is 9.16. The van der Waals surface area contributed by atoms with Crippen molar-refractivity contribution in [2.75, 3.05) is 0 Å². The third-order valence-electron chi connectivity index (χ3n) is 2.17. The van der Waals surface area contributed by atoms with Gasteiger partial charge in [0.05, 0.1) is 0 Å². The standard InChI is InChI=1S/C10H11N3O4/c1-13-10(11-6-12-13)5-17-9-4-16-7(3-14)2-8(9)15/h2,4,6,14H,3,5H2,1H3. The van der Waals surface area contributed by atoms with Crippen LogP contribution in [0.3, 0.4) is 0 Å². The molecule has 1 N–H and O–H groups in total. The van der Waals surface area contributed by atoms with Crippen LogP contribution in [0.2, 0.25) is 0 Å². The number of nitrogens with zero attached hydrogens (tertiary/aromatic N) is 3. The second-order valence-electron chi connectivity index (χ2n) is 3.32. The summed E-state index contributed by atoms with van der Waals surface area (Å²) in [6.45, 7) is -0.196. The Morgan fingerprint density at radius 2 is 2.41 bits per heavy atom. The summed E-state index contributed by atoms with van der Waals surface area (Å²) < 4.78 is 11.8. The van der Waals surface area contributed by atoms with Crippen LogP contribution >= 0.6 is 0 Å². The second kappa shape index (κ2) is 4.79. The molecule has 0 amide bonds. The maximum absolute atomic E-state index is 11.5. The van der Waals surface area contributed by atoms with Crippen LogP contribution in [0.5, 0.6) is 5.75 Å². The van der Waals surface area contributed by atoms with Gasteiger partial charge in [-0.25, -0.2) is 4.98 Å². The van der Waals surface area contributed by atoms with Crippen LogP contribution in [0.25, 0.3) is 0 Å². The van der Waals surface area contributed by atoms with Gasteiger partial charge in [0.15, 0.2) is 5.82 Å². The van der Waals surface area contributed by atoms with E-state index in [0.29, 0.717) is 5.82 Å². The van der Waals surface area contributed by atoms with E-state index in [0.717, 1.165) is 0 Å². The fourth-order valence-electron chi connectivity index (χ4n) is 1.22. The van der Waals surface area contributed by atoms with Crippen molar-refractivity contribution in [3.63, 3.8) is 0 Å². The Hall–Kier alpha value is -2.15. The number of ether oxygens (including phenoxy) is 1. The number of rotatable bonds is 4. The van der Waals surface area contributed by atoms with Crippen molar-refractivity contribution in [3.8, 4) is 5.75 Å². The van der Waals surface area contributed by atoms with E-state index in [2.05, 4.69) is 10.1 Å². The highest BCUT2D eigenvalue weighted by atomic mass is 16.5. The fourth-order valence-corrected chi connectivity index (χ4v) is 1.22. The van der Waals surface area contributed by atoms with Crippen molar-refractivity contribution in [2.24, 2.45) is 7.05 Å². The first-order valence-electron chi connectivity index (χ1n) is 4.89. The molecule has 2 rings (SSSR count). The number of aromatic nitrogens is 3. The van der Waals surface area contributed by atoms with Gasteiger partial charge in [0.2, 0.25) is 11.2 Å². The van der Waals surface area contributed by atoms with E-state index in [1.165, 1.54) is 18.7 Å². The van der Waals surface area contributed by atoms with Gasteiger partial charge in [-0.3, -0.25) is 9.48 Å². The first-order valence-corrected chi connectivity index (χ1v) is 4.89. The Morgan fingerprint density at radius 3 is 3.00 bits per heavy atom. The largest absolute Gasteiger partial charge is 0.478 e. The number of aryl methyl sites for hydroxylation is 1. The van der Waals surface area contributed by atoms with Gasteiger partial charge in [-0.2, -0.15) is 5.10 Å². The van der Waals surface area contributed by atoms with E-state index < -0.39 is 0 Å². The Balaban J connectivity index is 2.10. The molecule has 2 aromatic rings. The average Bonchev–Trinajstić information content (AvgIpc) is 2.73. The van der Waals surface area contributed by atoms with Crippen LogP contribution in [0, 0.1) is 0 Å². The minimum atomic E-state index is -0.345. The van der Waals surface area contributed by atoms with E-state index in [-0.39, 0.29) is 30.2 Å². The number of aliphatic hydroxyl groups excluding tert-OH is 1. The molecule has 7 heteroatoms. The minimum Gasteiger partial charge on any atom is -0.478 e. The normalized spacial score (nSPS) is 10.5. The summed E-state index contributed by atoms with van der Waals surface area (Å²) in [6.07, 6.45) is 2.57. The van der Waals surface area contributed by atoms with Crippen molar-refractivity contribution >= 4 is 0 Å². The summed E-state index contributed by atoms with van der Waals surface area (Å²) in [4.78, 5) is 15.5. The first-order chi connectivity index (χ1) is 8.20. The van der Waals surface area contributed by atoms with Crippen molar-refractivity contribution in [2.45, 2.75) is 13.2 Å². The third-order valence-corrected chi connectivity index (χ3v) is 2.17. The zero-order chi connectivity index (χ0) is 12.3. The molecule has 0 spiro atoms. The first kappa shape index (κ1) is 11.3. The number of hydrogen-bond donors (Lipinski definition) is 1. The lowest BCUT2D eigenvalue weighted by atomic mass is 10.4. The molecule has 17 heavy (non-hydrogen) atoms. The Bertz CT molecular complexity index is 561. The van der Waals surface area contributed by atoms with Gasteiger partial charge in [-0.1, -0.05) is 0 Å². The quantitative estimate of drug-likeness (QED) is 0.794. The van der Waals surface area contributed by atoms with Crippen LogP contribution in [0.1, 0.15) is 11.6 Å². The third kappa shape index (κ3) is 2.51. The lowest BCUT2D eigenvalue weighted by Gasteiger charge is -2.04. The van der Waals surface area contributed by atoms with Crippen LogP contribution in [0.15, 0.2) is 27.9 Å². The number of aliphatic hydroxyl groups is 1. The highest BCUT2D eigenvalue weighted by Gasteiger charge is 2.06. The molecule has 2 aromatic heterocycles. The molecule has 0 unspecified atom stereocenters. The van der Waals surface area contributed by atoms with Crippen LogP contribution in [-0.2, 0) is 20.3 Å². The highest BCUT2D eigenvalue weighted by Crippen LogP contribution is 2.07. The molecular weight excluding hydrogens is 226 g/mol. The van der Waals surface area contributed by atoms with E-state index in [4.69, 9.17) is 14.3 Å². The van der Waals surface area contributed by atoms with E-state index in [9.17, 15) is 4.79 Å². The van der Waals surface area contributed by atoms with Crippen LogP contribution < -0.4 is 10.2 Å². The van der Waals surface area contributed by atoms with Gasteiger partial charge in [-0.15, -0.1) is 0 Å². The van der Waals surface area contributed by atoms with Gasteiger partial charge in [0, 0.05) is 13.1 Å². The summed E-state index contributed by atoms with van der Waals surface area (Å²) in [5, 5.41) is 12.6. The molecule has 0 saturated carbocycles. The van der Waals surface area contributed by atoms with E-state index in [1.54, 1.807) is 11.7 Å². The summed E-state index contributed by atoms with van der Waals surface area (Å²) in [5.41, 5.74) is -0.345. The van der Waals surface area contributed by atoms with Gasteiger partial charge in [0.1, 0.15) is 31.6 Å². The molecule has 0 aliphatic carbocycles. The molecule has 90 valence electrons. The molecule has 2 heterocycles. The SMILES string of the molecule is Cn1ncnc1COc1coc(CO)cc1=O. The molecule has 0 radical (unpaired) electrons. The monoisotopic (exact) mass is 237 g/mol. The van der Waals surface area contributed by atoms with Crippen LogP contribution in [-0.4, -0.2) is 19.9 Å². The molecule has 0 fully saturated rings. The topological polar surface area (TPSA) is 90.4 Å². The molecular formula is C10H11N3O4. The average molecular weight is 237 g/mol. The molecule has 0 atom stereocenters. The van der Waals surface area contributed by atoms with Gasteiger partial charge >= 0.3 is 0 Å². The summed E-state index contributed by atoms with van der Waals surface area (Å²) in [6, 6.07) is 1.19.